The van der Waals surface area contributed by atoms with Crippen LogP contribution < -0.4 is 16.4 Å². The summed E-state index contributed by atoms with van der Waals surface area (Å²) in [6.07, 6.45) is 0. The molecule has 0 fully saturated rings. The van der Waals surface area contributed by atoms with Crippen molar-refractivity contribution in [2.75, 3.05) is 16.4 Å². The van der Waals surface area contributed by atoms with E-state index in [1.165, 1.54) is 0 Å². The molecule has 4 N–H and O–H groups in total. The SMILES string of the molecule is CC(C)(C)C(C)(C)N(c1nc(N)nc(N)n1)C(C)(C)C(C)(C)C. The van der Waals surface area contributed by atoms with Crippen LogP contribution in [0.1, 0.15) is 69.2 Å². The Labute approximate surface area is 141 Å². The lowest BCUT2D eigenvalue weighted by molar-refractivity contribution is 0.117. The Morgan fingerprint density at radius 3 is 1.17 bits per heavy atom. The standard InChI is InChI=1S/C17H34N6/c1-14(2,3)16(7,8)23(17(9,10)15(4,5)6)13-21-11(18)20-12(19)22-13/h1-10H3,(H4,18,19,20,21,22). The van der Waals surface area contributed by atoms with Gasteiger partial charge in [-0.3, -0.25) is 0 Å². The maximum absolute atomic E-state index is 5.83. The van der Waals surface area contributed by atoms with E-state index in [0.717, 1.165) is 0 Å². The third-order valence-electron chi connectivity index (χ3n) is 5.65. The summed E-state index contributed by atoms with van der Waals surface area (Å²) in [5.74, 6) is 0.814. The zero-order valence-corrected chi connectivity index (χ0v) is 16.4. The van der Waals surface area contributed by atoms with Crippen molar-refractivity contribution in [3.63, 3.8) is 0 Å². The molecule has 6 heteroatoms. The summed E-state index contributed by atoms with van der Waals surface area (Å²) in [6, 6.07) is 0. The molecule has 0 spiro atoms. The molecule has 0 atom stereocenters. The Balaban J connectivity index is 3.69. The van der Waals surface area contributed by atoms with Crippen LogP contribution >= 0.6 is 0 Å². The molecule has 0 bridgehead atoms. The number of nitrogens with zero attached hydrogens (tertiary/aromatic N) is 4. The van der Waals surface area contributed by atoms with Gasteiger partial charge in [0.1, 0.15) is 0 Å². The highest BCUT2D eigenvalue weighted by Gasteiger charge is 2.50. The monoisotopic (exact) mass is 322 g/mol. The first-order valence-electron chi connectivity index (χ1n) is 8.09. The molecular weight excluding hydrogens is 288 g/mol. The Morgan fingerprint density at radius 1 is 0.609 bits per heavy atom. The fraction of sp³-hybridized carbons (Fsp3) is 0.824. The fourth-order valence-corrected chi connectivity index (χ4v) is 2.37. The largest absolute Gasteiger partial charge is 0.368 e. The first-order valence-corrected chi connectivity index (χ1v) is 8.09. The third kappa shape index (κ3) is 3.51. The second-order valence-corrected chi connectivity index (χ2v) is 9.31. The summed E-state index contributed by atoms with van der Waals surface area (Å²) in [6.45, 7) is 22.1. The van der Waals surface area contributed by atoms with Crippen molar-refractivity contribution in [3.05, 3.63) is 0 Å². The second kappa shape index (κ2) is 5.49. The number of nitrogens with two attached hydrogens (primary N) is 2. The van der Waals surface area contributed by atoms with E-state index >= 15 is 0 Å². The number of rotatable bonds is 3. The van der Waals surface area contributed by atoms with Crippen LogP contribution in [0, 0.1) is 10.8 Å². The zero-order chi connectivity index (χ0) is 18.4. The van der Waals surface area contributed by atoms with E-state index in [0.29, 0.717) is 5.95 Å². The summed E-state index contributed by atoms with van der Waals surface area (Å²) < 4.78 is 0. The quantitative estimate of drug-likeness (QED) is 0.884. The molecule has 0 amide bonds. The van der Waals surface area contributed by atoms with Crippen molar-refractivity contribution in [2.24, 2.45) is 10.8 Å². The minimum atomic E-state index is -0.246. The normalized spacial score (nSPS) is 14.0. The molecule has 23 heavy (non-hydrogen) atoms. The molecule has 1 heterocycles. The van der Waals surface area contributed by atoms with Crippen LogP contribution in [-0.4, -0.2) is 26.0 Å². The number of nitrogen functional groups attached to an aromatic ring is 2. The molecule has 1 rings (SSSR count). The average Bonchev–Trinajstić information content (AvgIpc) is 2.22. The second-order valence-electron chi connectivity index (χ2n) is 9.31. The van der Waals surface area contributed by atoms with E-state index in [9.17, 15) is 0 Å². The van der Waals surface area contributed by atoms with Gasteiger partial charge in [-0.25, -0.2) is 0 Å². The zero-order valence-electron chi connectivity index (χ0n) is 16.4. The van der Waals surface area contributed by atoms with Crippen LogP contribution in [0.15, 0.2) is 0 Å². The van der Waals surface area contributed by atoms with Gasteiger partial charge in [0.15, 0.2) is 0 Å². The maximum atomic E-state index is 5.83. The molecule has 0 aromatic carbocycles. The van der Waals surface area contributed by atoms with Gasteiger partial charge in [0.2, 0.25) is 17.8 Å². The van der Waals surface area contributed by atoms with E-state index < -0.39 is 0 Å². The minimum Gasteiger partial charge on any atom is -0.368 e. The highest BCUT2D eigenvalue weighted by molar-refractivity contribution is 5.46. The predicted octanol–water partition coefficient (Wildman–Crippen LogP) is 3.49. The van der Waals surface area contributed by atoms with E-state index in [1.54, 1.807) is 0 Å². The van der Waals surface area contributed by atoms with Crippen LogP contribution in [0.25, 0.3) is 0 Å². The van der Waals surface area contributed by atoms with E-state index in [2.05, 4.69) is 89.1 Å². The molecule has 1 aromatic heterocycles. The van der Waals surface area contributed by atoms with Gasteiger partial charge in [0.05, 0.1) is 0 Å². The van der Waals surface area contributed by atoms with Crippen LogP contribution in [0.5, 0.6) is 0 Å². The van der Waals surface area contributed by atoms with Gasteiger partial charge in [0.25, 0.3) is 0 Å². The van der Waals surface area contributed by atoms with Crippen molar-refractivity contribution in [1.82, 2.24) is 15.0 Å². The van der Waals surface area contributed by atoms with Crippen molar-refractivity contribution in [1.29, 1.82) is 0 Å². The molecule has 0 unspecified atom stereocenters. The fourth-order valence-electron chi connectivity index (χ4n) is 2.37. The smallest absolute Gasteiger partial charge is 0.232 e. The molecular formula is C17H34N6. The van der Waals surface area contributed by atoms with Crippen LogP contribution in [-0.2, 0) is 0 Å². The number of hydrogen-bond acceptors (Lipinski definition) is 6. The Bertz CT molecular complexity index is 517. The summed E-state index contributed by atoms with van der Waals surface area (Å²) in [7, 11) is 0. The number of aromatic nitrogens is 3. The number of hydrogen-bond donors (Lipinski definition) is 2. The van der Waals surface area contributed by atoms with E-state index in [1.807, 2.05) is 0 Å². The lowest BCUT2D eigenvalue weighted by atomic mass is 9.68. The van der Waals surface area contributed by atoms with Gasteiger partial charge in [-0.15, -0.1) is 0 Å². The van der Waals surface area contributed by atoms with E-state index in [4.69, 9.17) is 11.5 Å². The summed E-state index contributed by atoms with van der Waals surface area (Å²) in [5.41, 5.74) is 11.1. The molecule has 0 saturated heterocycles. The van der Waals surface area contributed by atoms with Crippen LogP contribution in [0.3, 0.4) is 0 Å². The van der Waals surface area contributed by atoms with Gasteiger partial charge in [-0.2, -0.15) is 15.0 Å². The molecule has 0 aliphatic heterocycles. The summed E-state index contributed by atoms with van der Waals surface area (Å²) >= 11 is 0. The van der Waals surface area contributed by atoms with Gasteiger partial charge in [0, 0.05) is 11.1 Å². The average molecular weight is 323 g/mol. The molecule has 0 aliphatic carbocycles. The topological polar surface area (TPSA) is 94.0 Å². The first-order chi connectivity index (χ1) is 10.0. The van der Waals surface area contributed by atoms with Crippen molar-refractivity contribution >= 4 is 17.8 Å². The molecule has 132 valence electrons. The van der Waals surface area contributed by atoms with Crippen LogP contribution in [0.4, 0.5) is 17.8 Å². The predicted molar refractivity (Wildman–Crippen MR) is 98.2 cm³/mol. The van der Waals surface area contributed by atoms with Gasteiger partial charge in [-0.1, -0.05) is 41.5 Å². The third-order valence-corrected chi connectivity index (χ3v) is 5.65. The highest BCUT2D eigenvalue weighted by atomic mass is 15.4. The molecule has 0 radical (unpaired) electrons. The molecule has 1 aromatic rings. The first kappa shape index (κ1) is 19.5. The minimum absolute atomic E-state index is 0.0221. The Kier molecular flexibility index (Phi) is 4.65. The summed E-state index contributed by atoms with van der Waals surface area (Å²) in [5, 5.41) is 0. The highest BCUT2D eigenvalue weighted by Crippen LogP contribution is 2.46. The van der Waals surface area contributed by atoms with Crippen LogP contribution in [0.2, 0.25) is 0 Å². The number of anilines is 3. The van der Waals surface area contributed by atoms with Crippen molar-refractivity contribution in [3.8, 4) is 0 Å². The van der Waals surface area contributed by atoms with Gasteiger partial charge >= 0.3 is 0 Å². The lowest BCUT2D eigenvalue weighted by Gasteiger charge is -2.58. The summed E-state index contributed by atoms with van der Waals surface area (Å²) in [4.78, 5) is 14.9. The lowest BCUT2D eigenvalue weighted by Crippen LogP contribution is -2.66. The maximum Gasteiger partial charge on any atom is 0.232 e. The van der Waals surface area contributed by atoms with Gasteiger partial charge in [-0.05, 0) is 38.5 Å². The van der Waals surface area contributed by atoms with Gasteiger partial charge < -0.3 is 16.4 Å². The molecule has 0 aliphatic rings. The Hall–Kier alpha value is -1.59. The van der Waals surface area contributed by atoms with Crippen molar-refractivity contribution < 1.29 is 0 Å². The molecule has 6 nitrogen and oxygen atoms in total. The van der Waals surface area contributed by atoms with Crippen molar-refractivity contribution in [2.45, 2.75) is 80.3 Å². The Morgan fingerprint density at radius 2 is 0.913 bits per heavy atom. The van der Waals surface area contributed by atoms with E-state index in [-0.39, 0.29) is 33.8 Å². The molecule has 0 saturated carbocycles.